The predicted molar refractivity (Wildman–Crippen MR) is 69.4 cm³/mol. The number of nitrogens with zero attached hydrogens (tertiary/aromatic N) is 1. The number of aryl methyl sites for hydroxylation is 1. The van der Waals surface area contributed by atoms with Crippen LogP contribution in [-0.4, -0.2) is 16.9 Å². The lowest BCUT2D eigenvalue weighted by molar-refractivity contribution is -0.116. The van der Waals surface area contributed by atoms with Crippen molar-refractivity contribution in [1.29, 1.82) is 0 Å². The summed E-state index contributed by atoms with van der Waals surface area (Å²) in [7, 11) is 0. The van der Waals surface area contributed by atoms with Crippen LogP contribution in [0.5, 0.6) is 0 Å². The van der Waals surface area contributed by atoms with Crippen LogP contribution >= 0.6 is 0 Å². The molecule has 1 amide bonds. The van der Waals surface area contributed by atoms with E-state index < -0.39 is 0 Å². The van der Waals surface area contributed by atoms with Gasteiger partial charge >= 0.3 is 0 Å². The van der Waals surface area contributed by atoms with Crippen LogP contribution in [0.25, 0.3) is 10.9 Å². The minimum absolute atomic E-state index is 0.124. The summed E-state index contributed by atoms with van der Waals surface area (Å²) in [5.74, 6) is 0.124. The van der Waals surface area contributed by atoms with Gasteiger partial charge in [0.15, 0.2) is 0 Å². The number of rotatable bonds is 0. The van der Waals surface area contributed by atoms with E-state index in [1.165, 1.54) is 10.9 Å². The van der Waals surface area contributed by atoms with Crippen LogP contribution in [0.4, 0.5) is 5.69 Å². The van der Waals surface area contributed by atoms with Gasteiger partial charge < -0.3 is 9.88 Å². The third kappa shape index (κ3) is 1.46. The predicted octanol–water partition coefficient (Wildman–Crippen LogP) is 2.77. The molecule has 0 saturated carbocycles. The number of nitrogens with one attached hydrogen (secondary N) is 1. The van der Waals surface area contributed by atoms with Crippen molar-refractivity contribution in [2.45, 2.75) is 33.2 Å². The van der Waals surface area contributed by atoms with Crippen molar-refractivity contribution in [1.82, 2.24) is 4.98 Å². The molecule has 3 rings (SSSR count). The molecule has 0 spiro atoms. The molecule has 17 heavy (non-hydrogen) atoms. The monoisotopic (exact) mass is 228 g/mol. The van der Waals surface area contributed by atoms with Crippen molar-refractivity contribution in [3.63, 3.8) is 0 Å². The normalized spacial score (nSPS) is 18.8. The molecule has 1 aromatic heterocycles. The zero-order valence-corrected chi connectivity index (χ0v) is 10.4. The van der Waals surface area contributed by atoms with Gasteiger partial charge in [-0.1, -0.05) is 0 Å². The molecule has 0 unspecified atom stereocenters. The Hall–Kier alpha value is -1.77. The molecule has 0 radical (unpaired) electrons. The second-order valence-corrected chi connectivity index (χ2v) is 4.96. The van der Waals surface area contributed by atoms with Crippen LogP contribution in [0.1, 0.15) is 25.1 Å². The molecule has 88 valence electrons. The van der Waals surface area contributed by atoms with Crippen LogP contribution in [0.3, 0.4) is 0 Å². The van der Waals surface area contributed by atoms with Crippen LogP contribution in [-0.2, 0) is 11.2 Å². The number of hydrogen-bond donors (Lipinski definition) is 1. The van der Waals surface area contributed by atoms with E-state index in [1.807, 2.05) is 4.90 Å². The molecular weight excluding hydrogens is 212 g/mol. The second kappa shape index (κ2) is 3.36. The van der Waals surface area contributed by atoms with Gasteiger partial charge in [-0.25, -0.2) is 0 Å². The highest BCUT2D eigenvalue weighted by Crippen LogP contribution is 2.35. The first-order valence-electron chi connectivity index (χ1n) is 5.98. The van der Waals surface area contributed by atoms with Crippen molar-refractivity contribution in [2.75, 3.05) is 4.90 Å². The number of carbonyl (C=O) groups is 1. The number of aromatic amines is 1. The van der Waals surface area contributed by atoms with E-state index >= 15 is 0 Å². The maximum Gasteiger partial charge on any atom is 0.224 e. The summed E-state index contributed by atoms with van der Waals surface area (Å²) >= 11 is 0. The molecular formula is C14H16N2O. The van der Waals surface area contributed by atoms with Crippen LogP contribution in [0.2, 0.25) is 0 Å². The molecule has 1 aromatic carbocycles. The molecule has 0 bridgehead atoms. The number of aromatic nitrogens is 1. The number of H-pyrrole nitrogens is 1. The summed E-state index contributed by atoms with van der Waals surface area (Å²) in [4.78, 5) is 16.9. The summed E-state index contributed by atoms with van der Waals surface area (Å²) in [6.07, 6.45) is 0.953. The van der Waals surface area contributed by atoms with Crippen molar-refractivity contribution in [2.24, 2.45) is 0 Å². The van der Waals surface area contributed by atoms with Gasteiger partial charge in [0, 0.05) is 35.2 Å². The molecule has 1 aliphatic heterocycles. The number of fused-ring (bicyclic) bond motifs is 2. The van der Waals surface area contributed by atoms with Gasteiger partial charge in [-0.05, 0) is 44.0 Å². The van der Waals surface area contributed by atoms with Crippen LogP contribution < -0.4 is 4.90 Å². The maximum absolute atomic E-state index is 11.7. The lowest BCUT2D eigenvalue weighted by Gasteiger charge is -2.20. The Labute approximate surface area is 100 Å². The van der Waals surface area contributed by atoms with Gasteiger partial charge in [0.05, 0.1) is 0 Å². The summed E-state index contributed by atoms with van der Waals surface area (Å²) in [5.41, 5.74) is 4.62. The zero-order chi connectivity index (χ0) is 12.2. The largest absolute Gasteiger partial charge is 0.359 e. The smallest absolute Gasteiger partial charge is 0.224 e. The van der Waals surface area contributed by atoms with Gasteiger partial charge in [-0.2, -0.15) is 0 Å². The van der Waals surface area contributed by atoms with Gasteiger partial charge in [-0.3, -0.25) is 4.79 Å². The van der Waals surface area contributed by atoms with E-state index in [0.717, 1.165) is 23.3 Å². The highest BCUT2D eigenvalue weighted by Gasteiger charge is 2.29. The van der Waals surface area contributed by atoms with E-state index in [9.17, 15) is 4.79 Å². The van der Waals surface area contributed by atoms with Gasteiger partial charge in [0.25, 0.3) is 0 Å². The van der Waals surface area contributed by atoms with E-state index in [1.54, 1.807) is 6.92 Å². The fourth-order valence-corrected chi connectivity index (χ4v) is 2.88. The Balaban J connectivity index is 2.22. The molecule has 1 N–H and O–H groups in total. The van der Waals surface area contributed by atoms with E-state index in [4.69, 9.17) is 0 Å². The number of anilines is 1. The number of benzene rings is 1. The molecule has 2 aromatic rings. The van der Waals surface area contributed by atoms with Crippen molar-refractivity contribution in [3.05, 3.63) is 29.5 Å². The van der Waals surface area contributed by atoms with Crippen molar-refractivity contribution >= 4 is 22.5 Å². The second-order valence-electron chi connectivity index (χ2n) is 4.96. The Bertz CT molecular complexity index is 612. The minimum atomic E-state index is 0.124. The first-order chi connectivity index (χ1) is 8.06. The van der Waals surface area contributed by atoms with E-state index in [-0.39, 0.29) is 11.9 Å². The summed E-state index contributed by atoms with van der Waals surface area (Å²) < 4.78 is 0. The first-order valence-corrected chi connectivity index (χ1v) is 5.98. The Morgan fingerprint density at radius 1 is 1.41 bits per heavy atom. The average molecular weight is 228 g/mol. The molecule has 1 atom stereocenters. The fourth-order valence-electron chi connectivity index (χ4n) is 2.88. The first kappa shape index (κ1) is 10.4. The summed E-state index contributed by atoms with van der Waals surface area (Å²) in [6, 6.07) is 6.72. The quantitative estimate of drug-likeness (QED) is 0.739. The van der Waals surface area contributed by atoms with Crippen molar-refractivity contribution < 1.29 is 4.79 Å². The van der Waals surface area contributed by atoms with Gasteiger partial charge in [0.2, 0.25) is 5.91 Å². The highest BCUT2D eigenvalue weighted by atomic mass is 16.2. The topological polar surface area (TPSA) is 36.1 Å². The average Bonchev–Trinajstić information content (AvgIpc) is 2.70. The number of amides is 1. The number of carbonyl (C=O) groups excluding carboxylic acids is 1. The van der Waals surface area contributed by atoms with Gasteiger partial charge in [0.1, 0.15) is 0 Å². The number of hydrogen-bond acceptors (Lipinski definition) is 1. The molecule has 3 heteroatoms. The van der Waals surface area contributed by atoms with Crippen molar-refractivity contribution in [3.8, 4) is 0 Å². The molecule has 2 heterocycles. The minimum Gasteiger partial charge on any atom is -0.359 e. The fraction of sp³-hybridized carbons (Fsp3) is 0.357. The summed E-state index contributed by atoms with van der Waals surface area (Å²) in [6.45, 7) is 5.78. The Kier molecular flexibility index (Phi) is 2.05. The molecule has 1 aliphatic rings. The lowest BCUT2D eigenvalue weighted by Crippen LogP contribution is -2.33. The van der Waals surface area contributed by atoms with Crippen LogP contribution in [0.15, 0.2) is 18.2 Å². The van der Waals surface area contributed by atoms with E-state index in [2.05, 4.69) is 37.0 Å². The molecule has 0 fully saturated rings. The Morgan fingerprint density at radius 3 is 2.88 bits per heavy atom. The summed E-state index contributed by atoms with van der Waals surface area (Å²) in [5, 5.41) is 1.24. The Morgan fingerprint density at radius 2 is 2.18 bits per heavy atom. The molecule has 3 nitrogen and oxygen atoms in total. The molecule has 0 saturated heterocycles. The van der Waals surface area contributed by atoms with E-state index in [0.29, 0.717) is 0 Å². The third-order valence-corrected chi connectivity index (χ3v) is 3.51. The SMILES string of the molecule is CC(=O)N1c2cc3[nH]c(C)cc3cc2C[C@H]1C. The standard InChI is InChI=1S/C14H16N2O/c1-8-4-11-6-12-5-9(2)16(10(3)17)14(12)7-13(11)15-8/h4,6-7,9,15H,5H2,1-3H3/t9-/m1/s1. The zero-order valence-electron chi connectivity index (χ0n) is 10.4. The molecule has 0 aliphatic carbocycles. The van der Waals surface area contributed by atoms with Crippen LogP contribution in [0, 0.1) is 6.92 Å². The van der Waals surface area contributed by atoms with Gasteiger partial charge in [-0.15, -0.1) is 0 Å². The highest BCUT2D eigenvalue weighted by molar-refractivity contribution is 5.98. The maximum atomic E-state index is 11.7. The third-order valence-electron chi connectivity index (χ3n) is 3.51. The lowest BCUT2D eigenvalue weighted by atomic mass is 10.1.